The van der Waals surface area contributed by atoms with Crippen molar-refractivity contribution >= 4 is 44.6 Å². The van der Waals surface area contributed by atoms with E-state index in [9.17, 15) is 17.2 Å². The van der Waals surface area contributed by atoms with Crippen LogP contribution in [0.2, 0.25) is 0 Å². The molecule has 4 rings (SSSR count). The topological polar surface area (TPSA) is 43.4 Å². The van der Waals surface area contributed by atoms with Gasteiger partial charge in [-0.3, -0.25) is 0 Å². The van der Waals surface area contributed by atoms with Gasteiger partial charge < -0.3 is 4.74 Å². The van der Waals surface area contributed by atoms with Gasteiger partial charge in [0.1, 0.15) is 10.7 Å². The van der Waals surface area contributed by atoms with Crippen LogP contribution in [0.15, 0.2) is 65.6 Å². The molecule has 0 bridgehead atoms. The summed E-state index contributed by atoms with van der Waals surface area (Å²) >= 11 is 2.60. The largest absolute Gasteiger partial charge is 0.493 e. The van der Waals surface area contributed by atoms with E-state index >= 15 is 0 Å². The van der Waals surface area contributed by atoms with Crippen molar-refractivity contribution in [1.82, 2.24) is 0 Å². The fourth-order valence-corrected chi connectivity index (χ4v) is 5.22. The fourth-order valence-electron chi connectivity index (χ4n) is 3.52. The van der Waals surface area contributed by atoms with Crippen molar-refractivity contribution in [2.45, 2.75) is 4.90 Å². The van der Waals surface area contributed by atoms with Crippen molar-refractivity contribution in [2.75, 3.05) is 7.11 Å². The second-order valence-corrected chi connectivity index (χ2v) is 10.1. The van der Waals surface area contributed by atoms with Gasteiger partial charge in [-0.1, -0.05) is 48.5 Å². The average Bonchev–Trinajstić information content (AvgIpc) is 2.65. The minimum Gasteiger partial charge on any atom is -0.493 e. The highest BCUT2D eigenvalue weighted by molar-refractivity contribution is 9.47. The normalized spacial score (nSPS) is 11.9. The maximum absolute atomic E-state index is 15.0. The summed E-state index contributed by atoms with van der Waals surface area (Å²) in [7, 11) is -2.86. The van der Waals surface area contributed by atoms with Crippen molar-refractivity contribution in [3.8, 4) is 16.9 Å². The highest BCUT2D eigenvalue weighted by atomic mass is 79.9. The van der Waals surface area contributed by atoms with Crippen molar-refractivity contribution < 1.29 is 21.9 Å². The van der Waals surface area contributed by atoms with Gasteiger partial charge in [-0.15, -0.1) is 0 Å². The number of benzene rings is 4. The molecule has 0 saturated carbocycles. The van der Waals surface area contributed by atoms with E-state index in [1.54, 1.807) is 48.5 Å². The highest BCUT2D eigenvalue weighted by Gasteiger charge is 2.28. The third-order valence-electron chi connectivity index (χ3n) is 4.61. The molecule has 0 heterocycles. The molecule has 0 N–H and O–H groups in total. The maximum atomic E-state index is 15.0. The first-order valence-corrected chi connectivity index (χ1v) is 11.6. The van der Waals surface area contributed by atoms with Crippen LogP contribution < -0.4 is 4.74 Å². The second-order valence-electron chi connectivity index (χ2n) is 6.21. The van der Waals surface area contributed by atoms with Crippen LogP contribution >= 0.6 is 14.8 Å². The fraction of sp³-hybridized carbons (Fsp3) is 0.0476. The number of hydrogen-bond acceptors (Lipinski definition) is 3. The van der Waals surface area contributed by atoms with E-state index in [0.717, 1.165) is 6.07 Å². The van der Waals surface area contributed by atoms with Gasteiger partial charge in [-0.25, -0.2) is 17.2 Å². The van der Waals surface area contributed by atoms with Gasteiger partial charge in [0.2, 0.25) is 8.27 Å². The predicted octanol–water partition coefficient (Wildman–Crippen LogP) is 6.03. The minimum absolute atomic E-state index is 0.0556. The molecule has 0 saturated heterocycles. The molecule has 0 aromatic heterocycles. The molecule has 28 heavy (non-hydrogen) atoms. The number of rotatable bonds is 3. The third-order valence-corrected chi connectivity index (χ3v) is 6.47. The molecular weight excluding hydrogens is 450 g/mol. The van der Waals surface area contributed by atoms with Gasteiger partial charge in [0.05, 0.1) is 21.9 Å². The van der Waals surface area contributed by atoms with E-state index in [-0.39, 0.29) is 16.9 Å². The first-order chi connectivity index (χ1) is 13.3. The number of halogens is 3. The summed E-state index contributed by atoms with van der Waals surface area (Å²) in [5.41, 5.74) is 0.242. The monoisotopic (exact) mass is 462 g/mol. The van der Waals surface area contributed by atoms with E-state index in [1.807, 2.05) is 0 Å². The maximum Gasteiger partial charge on any atom is 0.241 e. The average molecular weight is 463 g/mol. The Morgan fingerprint density at radius 2 is 1.32 bits per heavy atom. The Bertz CT molecular complexity index is 1350. The molecule has 0 aliphatic heterocycles. The quantitative estimate of drug-likeness (QED) is 0.349. The van der Waals surface area contributed by atoms with E-state index in [0.29, 0.717) is 21.5 Å². The van der Waals surface area contributed by atoms with Crippen LogP contribution in [0.4, 0.5) is 8.78 Å². The van der Waals surface area contributed by atoms with Crippen LogP contribution in [-0.2, 0) is 8.27 Å². The molecular formula is C21H13BrF2O3S. The molecule has 0 aliphatic rings. The summed E-state index contributed by atoms with van der Waals surface area (Å²) in [5, 5.41) is 2.05. The summed E-state index contributed by atoms with van der Waals surface area (Å²) in [6.45, 7) is 0. The third kappa shape index (κ3) is 2.95. The lowest BCUT2D eigenvalue weighted by molar-refractivity contribution is 0.389. The van der Waals surface area contributed by atoms with Gasteiger partial charge >= 0.3 is 0 Å². The second kappa shape index (κ2) is 6.83. The number of methoxy groups -OCH3 is 1. The summed E-state index contributed by atoms with van der Waals surface area (Å²) in [5.74, 6) is -1.74. The summed E-state index contributed by atoms with van der Waals surface area (Å²) in [6, 6.07) is 16.1. The minimum atomic E-state index is -4.15. The Kier molecular flexibility index (Phi) is 4.59. The van der Waals surface area contributed by atoms with Gasteiger partial charge in [0.15, 0.2) is 11.6 Å². The van der Waals surface area contributed by atoms with Crippen LogP contribution in [0.25, 0.3) is 32.7 Å². The summed E-state index contributed by atoms with van der Waals surface area (Å²) < 4.78 is 60.0. The van der Waals surface area contributed by atoms with Crippen LogP contribution in [0, 0.1) is 11.6 Å². The molecule has 0 radical (unpaired) electrons. The van der Waals surface area contributed by atoms with E-state index < -0.39 is 24.8 Å². The standard InChI is InChI=1S/C21H13BrF2O3S/c1-27-20-16(23)10-12-6-2-4-8-14(12)18(20)19-15-9-5-3-7-13(15)11-17(24)21(19)28(22,25)26/h2-11H,1H3. The Hall–Kier alpha value is -2.51. The first kappa shape index (κ1) is 18.8. The van der Waals surface area contributed by atoms with Crippen LogP contribution in [0.3, 0.4) is 0 Å². The van der Waals surface area contributed by atoms with E-state index in [2.05, 4.69) is 14.8 Å². The lowest BCUT2D eigenvalue weighted by Crippen LogP contribution is -2.03. The van der Waals surface area contributed by atoms with Crippen LogP contribution in [-0.4, -0.2) is 15.5 Å². The summed E-state index contributed by atoms with van der Waals surface area (Å²) in [4.78, 5) is -0.555. The van der Waals surface area contributed by atoms with Crippen molar-refractivity contribution in [2.24, 2.45) is 0 Å². The van der Waals surface area contributed by atoms with Crippen molar-refractivity contribution in [1.29, 1.82) is 0 Å². The lowest BCUT2D eigenvalue weighted by Gasteiger charge is -2.18. The SMILES string of the molecule is COc1c(F)cc2ccccc2c1-c1c(S(=O)(=O)Br)c(F)cc2ccccc12. The smallest absolute Gasteiger partial charge is 0.241 e. The predicted molar refractivity (Wildman–Crippen MR) is 109 cm³/mol. The van der Waals surface area contributed by atoms with Crippen LogP contribution in [0.5, 0.6) is 5.75 Å². The molecule has 142 valence electrons. The highest BCUT2D eigenvalue weighted by Crippen LogP contribution is 2.46. The Balaban J connectivity index is 2.35. The molecule has 0 unspecified atom stereocenters. The Morgan fingerprint density at radius 1 is 0.821 bits per heavy atom. The van der Waals surface area contributed by atoms with Gasteiger partial charge in [0, 0.05) is 11.1 Å². The van der Waals surface area contributed by atoms with E-state index in [1.165, 1.54) is 13.2 Å². The van der Waals surface area contributed by atoms with Gasteiger partial charge in [-0.05, 0) is 33.7 Å². The molecule has 3 nitrogen and oxygen atoms in total. The zero-order valence-electron chi connectivity index (χ0n) is 14.5. The zero-order valence-corrected chi connectivity index (χ0v) is 16.9. The molecule has 4 aromatic carbocycles. The lowest BCUT2D eigenvalue weighted by atomic mass is 9.92. The Labute approximate surface area is 167 Å². The van der Waals surface area contributed by atoms with Crippen molar-refractivity contribution in [3.63, 3.8) is 0 Å². The molecule has 0 fully saturated rings. The number of ether oxygens (including phenoxy) is 1. The molecule has 0 atom stereocenters. The molecule has 0 amide bonds. The van der Waals surface area contributed by atoms with Gasteiger partial charge in [-0.2, -0.15) is 0 Å². The van der Waals surface area contributed by atoms with E-state index in [4.69, 9.17) is 4.74 Å². The molecule has 7 heteroatoms. The molecule has 4 aromatic rings. The van der Waals surface area contributed by atoms with Gasteiger partial charge in [0.25, 0.3) is 0 Å². The molecule has 0 spiro atoms. The number of hydrogen-bond donors (Lipinski definition) is 0. The first-order valence-electron chi connectivity index (χ1n) is 8.24. The Morgan fingerprint density at radius 3 is 1.86 bits per heavy atom. The molecule has 0 aliphatic carbocycles. The summed E-state index contributed by atoms with van der Waals surface area (Å²) in [6.07, 6.45) is 0. The van der Waals surface area contributed by atoms with Crippen molar-refractivity contribution in [3.05, 3.63) is 72.3 Å². The number of fused-ring (bicyclic) bond motifs is 2. The zero-order chi connectivity index (χ0) is 20.1. The van der Waals surface area contributed by atoms with Crippen LogP contribution in [0.1, 0.15) is 0 Å².